The first-order valence-corrected chi connectivity index (χ1v) is 10.2. The Hall–Kier alpha value is -2.83. The van der Waals surface area contributed by atoms with Crippen LogP contribution in [0.1, 0.15) is 57.2 Å². The Morgan fingerprint density at radius 3 is 2.62 bits per heavy atom. The number of ether oxygens (including phenoxy) is 1. The number of rotatable bonds is 11. The van der Waals surface area contributed by atoms with Crippen LogP contribution in [0.25, 0.3) is 0 Å². The highest BCUT2D eigenvalue weighted by atomic mass is 16.5. The number of hydrogen-bond acceptors (Lipinski definition) is 4. The summed E-state index contributed by atoms with van der Waals surface area (Å²) in [6.07, 6.45) is 4.94. The maximum absolute atomic E-state index is 12.3. The number of benzene rings is 1. The van der Waals surface area contributed by atoms with Crippen molar-refractivity contribution in [3.63, 3.8) is 0 Å². The number of aromatic nitrogens is 2. The monoisotopic (exact) mass is 400 g/mol. The first-order chi connectivity index (χ1) is 14.0. The molecule has 1 unspecified atom stereocenters. The maximum atomic E-state index is 12.3. The van der Waals surface area contributed by atoms with Gasteiger partial charge in [-0.3, -0.25) is 14.3 Å². The molecule has 0 saturated carbocycles. The van der Waals surface area contributed by atoms with Crippen molar-refractivity contribution in [2.24, 2.45) is 0 Å². The van der Waals surface area contributed by atoms with Crippen LogP contribution in [0.3, 0.4) is 0 Å². The van der Waals surface area contributed by atoms with Gasteiger partial charge in [0.05, 0.1) is 19.7 Å². The van der Waals surface area contributed by atoms with Crippen LogP contribution in [0.2, 0.25) is 0 Å². The molecule has 2 aromatic rings. The van der Waals surface area contributed by atoms with Crippen LogP contribution >= 0.6 is 0 Å². The predicted octanol–water partition coefficient (Wildman–Crippen LogP) is 3.16. The standard InChI is InChI=1S/C22H32N4O3/c1-5-25(6-2)22(28)10-7-9-21(27)24-17(3)18-11-12-20(29-4)19(15-18)16-26-14-8-13-23-26/h8,11-15,17H,5-7,9-10,16H2,1-4H3,(H,24,27). The highest BCUT2D eigenvalue weighted by molar-refractivity contribution is 5.79. The van der Waals surface area contributed by atoms with E-state index in [0.29, 0.717) is 38.9 Å². The zero-order chi connectivity index (χ0) is 21.2. The molecular formula is C22H32N4O3. The van der Waals surface area contributed by atoms with Crippen LogP contribution in [-0.4, -0.2) is 46.7 Å². The van der Waals surface area contributed by atoms with Gasteiger partial charge in [-0.25, -0.2) is 0 Å². The fourth-order valence-electron chi connectivity index (χ4n) is 3.29. The van der Waals surface area contributed by atoms with E-state index in [1.807, 2.05) is 55.9 Å². The lowest BCUT2D eigenvalue weighted by Crippen LogP contribution is -2.31. The molecule has 0 aliphatic heterocycles. The molecule has 7 nitrogen and oxygen atoms in total. The van der Waals surface area contributed by atoms with E-state index >= 15 is 0 Å². The van der Waals surface area contributed by atoms with E-state index < -0.39 is 0 Å². The first-order valence-electron chi connectivity index (χ1n) is 10.2. The van der Waals surface area contributed by atoms with Gasteiger partial charge in [-0.05, 0) is 51.0 Å². The number of hydrogen-bond donors (Lipinski definition) is 1. The third-order valence-electron chi connectivity index (χ3n) is 4.98. The number of amides is 2. The highest BCUT2D eigenvalue weighted by Crippen LogP contribution is 2.24. The summed E-state index contributed by atoms with van der Waals surface area (Å²) in [6, 6.07) is 7.66. The molecule has 0 aliphatic carbocycles. The van der Waals surface area contributed by atoms with E-state index in [1.54, 1.807) is 18.2 Å². The molecule has 1 atom stereocenters. The van der Waals surface area contributed by atoms with Crippen molar-refractivity contribution < 1.29 is 14.3 Å². The van der Waals surface area contributed by atoms with Gasteiger partial charge in [0.25, 0.3) is 0 Å². The normalized spacial score (nSPS) is 11.7. The molecule has 0 fully saturated rings. The molecule has 1 aromatic carbocycles. The second-order valence-corrected chi connectivity index (χ2v) is 6.98. The lowest BCUT2D eigenvalue weighted by molar-refractivity contribution is -0.131. The average molecular weight is 401 g/mol. The maximum Gasteiger partial charge on any atom is 0.222 e. The van der Waals surface area contributed by atoms with Crippen molar-refractivity contribution in [1.82, 2.24) is 20.0 Å². The van der Waals surface area contributed by atoms with Crippen molar-refractivity contribution in [2.75, 3.05) is 20.2 Å². The quantitative estimate of drug-likeness (QED) is 0.629. The smallest absolute Gasteiger partial charge is 0.222 e. The highest BCUT2D eigenvalue weighted by Gasteiger charge is 2.14. The van der Waals surface area contributed by atoms with Crippen molar-refractivity contribution in [1.29, 1.82) is 0 Å². The largest absolute Gasteiger partial charge is 0.496 e. The van der Waals surface area contributed by atoms with Crippen LogP contribution in [0.5, 0.6) is 5.75 Å². The molecule has 7 heteroatoms. The van der Waals surface area contributed by atoms with Gasteiger partial charge in [0.15, 0.2) is 0 Å². The fraction of sp³-hybridized carbons (Fsp3) is 0.500. The van der Waals surface area contributed by atoms with E-state index in [2.05, 4.69) is 10.4 Å². The molecule has 0 aliphatic rings. The summed E-state index contributed by atoms with van der Waals surface area (Å²) in [5, 5.41) is 7.27. The third kappa shape index (κ3) is 6.62. The summed E-state index contributed by atoms with van der Waals surface area (Å²) in [7, 11) is 1.65. The van der Waals surface area contributed by atoms with Gasteiger partial charge in [-0.2, -0.15) is 5.10 Å². The molecule has 29 heavy (non-hydrogen) atoms. The zero-order valence-corrected chi connectivity index (χ0v) is 17.9. The summed E-state index contributed by atoms with van der Waals surface area (Å²) < 4.78 is 7.29. The SMILES string of the molecule is CCN(CC)C(=O)CCCC(=O)NC(C)c1ccc(OC)c(Cn2cccn2)c1. The Balaban J connectivity index is 1.91. The molecule has 1 heterocycles. The van der Waals surface area contributed by atoms with Gasteiger partial charge in [0, 0.05) is 43.9 Å². The van der Waals surface area contributed by atoms with Gasteiger partial charge >= 0.3 is 0 Å². The van der Waals surface area contributed by atoms with Gasteiger partial charge in [0.2, 0.25) is 11.8 Å². The Morgan fingerprint density at radius 1 is 1.24 bits per heavy atom. The lowest BCUT2D eigenvalue weighted by atomic mass is 10.0. The second-order valence-electron chi connectivity index (χ2n) is 6.98. The molecule has 2 amide bonds. The fourth-order valence-corrected chi connectivity index (χ4v) is 3.29. The molecule has 0 spiro atoms. The van der Waals surface area contributed by atoms with E-state index in [-0.39, 0.29) is 17.9 Å². The van der Waals surface area contributed by atoms with Gasteiger partial charge in [0.1, 0.15) is 5.75 Å². The number of nitrogens with one attached hydrogen (secondary N) is 1. The molecule has 2 rings (SSSR count). The molecule has 0 radical (unpaired) electrons. The van der Waals surface area contributed by atoms with Crippen molar-refractivity contribution >= 4 is 11.8 Å². The minimum Gasteiger partial charge on any atom is -0.496 e. The molecule has 1 N–H and O–H groups in total. The summed E-state index contributed by atoms with van der Waals surface area (Å²) in [5.41, 5.74) is 2.00. The molecule has 0 bridgehead atoms. The van der Waals surface area contributed by atoms with E-state index in [0.717, 1.165) is 16.9 Å². The Bertz CT molecular complexity index is 785. The zero-order valence-electron chi connectivity index (χ0n) is 17.9. The van der Waals surface area contributed by atoms with Crippen molar-refractivity contribution in [3.05, 3.63) is 47.8 Å². The lowest BCUT2D eigenvalue weighted by Gasteiger charge is -2.19. The Labute approximate surface area is 173 Å². The van der Waals surface area contributed by atoms with Crippen molar-refractivity contribution in [3.8, 4) is 5.75 Å². The van der Waals surface area contributed by atoms with Crippen LogP contribution in [0, 0.1) is 0 Å². The van der Waals surface area contributed by atoms with E-state index in [4.69, 9.17) is 4.74 Å². The molecular weight excluding hydrogens is 368 g/mol. The summed E-state index contributed by atoms with van der Waals surface area (Å²) in [4.78, 5) is 26.1. The summed E-state index contributed by atoms with van der Waals surface area (Å²) in [6.45, 7) is 7.89. The van der Waals surface area contributed by atoms with Gasteiger partial charge in [-0.15, -0.1) is 0 Å². The molecule has 158 valence electrons. The number of carbonyl (C=O) groups excluding carboxylic acids is 2. The van der Waals surface area contributed by atoms with Crippen molar-refractivity contribution in [2.45, 2.75) is 52.6 Å². The first kappa shape index (κ1) is 22.5. The van der Waals surface area contributed by atoms with Crippen LogP contribution in [0.15, 0.2) is 36.7 Å². The van der Waals surface area contributed by atoms with Crippen LogP contribution in [0.4, 0.5) is 0 Å². The number of methoxy groups -OCH3 is 1. The van der Waals surface area contributed by atoms with Gasteiger partial charge < -0.3 is 15.0 Å². The minimum absolute atomic E-state index is 0.0470. The average Bonchev–Trinajstić information content (AvgIpc) is 3.22. The Morgan fingerprint density at radius 2 is 2.00 bits per heavy atom. The number of nitrogens with zero attached hydrogens (tertiary/aromatic N) is 3. The van der Waals surface area contributed by atoms with E-state index in [1.165, 1.54) is 0 Å². The second kappa shape index (κ2) is 11.2. The van der Waals surface area contributed by atoms with Gasteiger partial charge in [-0.1, -0.05) is 6.07 Å². The van der Waals surface area contributed by atoms with Crippen LogP contribution in [-0.2, 0) is 16.1 Å². The van der Waals surface area contributed by atoms with E-state index in [9.17, 15) is 9.59 Å². The molecule has 0 saturated heterocycles. The summed E-state index contributed by atoms with van der Waals surface area (Å²) in [5.74, 6) is 0.848. The number of carbonyl (C=O) groups is 2. The Kier molecular flexibility index (Phi) is 8.70. The molecule has 1 aromatic heterocycles. The van der Waals surface area contributed by atoms with Crippen LogP contribution < -0.4 is 10.1 Å². The topological polar surface area (TPSA) is 76.5 Å². The summed E-state index contributed by atoms with van der Waals surface area (Å²) >= 11 is 0. The third-order valence-corrected chi connectivity index (χ3v) is 4.98. The minimum atomic E-state index is -0.136. The predicted molar refractivity (Wildman–Crippen MR) is 113 cm³/mol.